The number of aryl methyl sites for hydroxylation is 1. The Morgan fingerprint density at radius 2 is 2.20 bits per heavy atom. The highest BCUT2D eigenvalue weighted by Gasteiger charge is 2.11. The molecule has 1 unspecified atom stereocenters. The summed E-state index contributed by atoms with van der Waals surface area (Å²) in [6.07, 6.45) is 6.36. The van der Waals surface area contributed by atoms with E-state index in [0.717, 1.165) is 25.4 Å². The number of aromatic nitrogens is 2. The Labute approximate surface area is 92.7 Å². The van der Waals surface area contributed by atoms with E-state index in [1.807, 2.05) is 10.9 Å². The SMILES string of the molecule is CCn1cc(CC(CN)CC(C)C)cn1. The van der Waals surface area contributed by atoms with Crippen LogP contribution < -0.4 is 5.73 Å². The van der Waals surface area contributed by atoms with Crippen molar-refractivity contribution in [1.29, 1.82) is 0 Å². The Kier molecular flexibility index (Phi) is 4.82. The summed E-state index contributed by atoms with van der Waals surface area (Å²) < 4.78 is 1.97. The van der Waals surface area contributed by atoms with Crippen LogP contribution in [0, 0.1) is 11.8 Å². The molecule has 0 spiro atoms. The van der Waals surface area contributed by atoms with Crippen molar-refractivity contribution >= 4 is 0 Å². The molecule has 0 aliphatic carbocycles. The maximum atomic E-state index is 5.78. The average molecular weight is 209 g/mol. The highest BCUT2D eigenvalue weighted by atomic mass is 15.3. The number of hydrogen-bond acceptors (Lipinski definition) is 2. The van der Waals surface area contributed by atoms with Gasteiger partial charge in [-0.2, -0.15) is 5.10 Å². The zero-order valence-electron chi connectivity index (χ0n) is 10.1. The van der Waals surface area contributed by atoms with Crippen LogP contribution in [0.5, 0.6) is 0 Å². The first-order valence-electron chi connectivity index (χ1n) is 5.87. The number of hydrogen-bond donors (Lipinski definition) is 1. The fourth-order valence-corrected chi connectivity index (χ4v) is 1.95. The van der Waals surface area contributed by atoms with Gasteiger partial charge in [0, 0.05) is 12.7 Å². The van der Waals surface area contributed by atoms with E-state index in [1.165, 1.54) is 12.0 Å². The van der Waals surface area contributed by atoms with Crippen LogP contribution in [0.25, 0.3) is 0 Å². The van der Waals surface area contributed by atoms with Crippen LogP contribution in [0.3, 0.4) is 0 Å². The van der Waals surface area contributed by atoms with E-state index in [4.69, 9.17) is 5.73 Å². The van der Waals surface area contributed by atoms with Crippen molar-refractivity contribution in [3.8, 4) is 0 Å². The summed E-state index contributed by atoms with van der Waals surface area (Å²) in [5.74, 6) is 1.32. The molecule has 1 aromatic rings. The lowest BCUT2D eigenvalue weighted by atomic mass is 9.92. The maximum absolute atomic E-state index is 5.78. The summed E-state index contributed by atoms with van der Waals surface area (Å²) in [4.78, 5) is 0. The van der Waals surface area contributed by atoms with Crippen LogP contribution in [0.1, 0.15) is 32.8 Å². The van der Waals surface area contributed by atoms with Gasteiger partial charge in [-0.25, -0.2) is 0 Å². The predicted octanol–water partition coefficient (Wildman–Crippen LogP) is 2.07. The second kappa shape index (κ2) is 5.91. The quantitative estimate of drug-likeness (QED) is 0.779. The lowest BCUT2D eigenvalue weighted by Gasteiger charge is -2.15. The van der Waals surface area contributed by atoms with Crippen molar-refractivity contribution in [2.75, 3.05) is 6.54 Å². The summed E-state index contributed by atoms with van der Waals surface area (Å²) in [7, 11) is 0. The molecular formula is C12H23N3. The zero-order chi connectivity index (χ0) is 11.3. The minimum absolute atomic E-state index is 0.597. The topological polar surface area (TPSA) is 43.8 Å². The van der Waals surface area contributed by atoms with Crippen molar-refractivity contribution in [2.45, 2.75) is 40.2 Å². The van der Waals surface area contributed by atoms with Gasteiger partial charge in [-0.1, -0.05) is 13.8 Å². The van der Waals surface area contributed by atoms with Gasteiger partial charge in [0.05, 0.1) is 6.20 Å². The molecule has 0 fully saturated rings. The van der Waals surface area contributed by atoms with Gasteiger partial charge < -0.3 is 5.73 Å². The van der Waals surface area contributed by atoms with Gasteiger partial charge in [0.1, 0.15) is 0 Å². The Bertz CT molecular complexity index is 278. The van der Waals surface area contributed by atoms with E-state index >= 15 is 0 Å². The third-order valence-electron chi connectivity index (χ3n) is 2.67. The summed E-state index contributed by atoms with van der Waals surface area (Å²) >= 11 is 0. The summed E-state index contributed by atoms with van der Waals surface area (Å²) in [5.41, 5.74) is 7.09. The predicted molar refractivity (Wildman–Crippen MR) is 63.6 cm³/mol. The molecule has 0 aromatic carbocycles. The monoisotopic (exact) mass is 209 g/mol. The highest BCUT2D eigenvalue weighted by molar-refractivity contribution is 5.05. The Morgan fingerprint density at radius 1 is 1.47 bits per heavy atom. The summed E-state index contributed by atoms with van der Waals surface area (Å²) in [6.45, 7) is 8.31. The smallest absolute Gasteiger partial charge is 0.0521 e. The van der Waals surface area contributed by atoms with Crippen LogP contribution in [0.15, 0.2) is 12.4 Å². The van der Waals surface area contributed by atoms with E-state index in [1.54, 1.807) is 0 Å². The molecule has 86 valence electrons. The van der Waals surface area contributed by atoms with Crippen LogP contribution >= 0.6 is 0 Å². The largest absolute Gasteiger partial charge is 0.330 e. The van der Waals surface area contributed by atoms with E-state index < -0.39 is 0 Å². The van der Waals surface area contributed by atoms with E-state index in [2.05, 4.69) is 32.1 Å². The van der Waals surface area contributed by atoms with Crippen LogP contribution in [-0.2, 0) is 13.0 Å². The molecule has 0 bridgehead atoms. The molecule has 15 heavy (non-hydrogen) atoms. The molecule has 1 rings (SSSR count). The maximum Gasteiger partial charge on any atom is 0.0521 e. The highest BCUT2D eigenvalue weighted by Crippen LogP contribution is 2.15. The number of nitrogens with zero attached hydrogens (tertiary/aromatic N) is 2. The Balaban J connectivity index is 2.50. The van der Waals surface area contributed by atoms with Gasteiger partial charge in [0.15, 0.2) is 0 Å². The third-order valence-corrected chi connectivity index (χ3v) is 2.67. The molecule has 3 heteroatoms. The molecule has 1 atom stereocenters. The van der Waals surface area contributed by atoms with Crippen LogP contribution in [0.4, 0.5) is 0 Å². The van der Waals surface area contributed by atoms with Crippen LogP contribution in [0.2, 0.25) is 0 Å². The molecule has 1 heterocycles. The van der Waals surface area contributed by atoms with Crippen molar-refractivity contribution in [3.05, 3.63) is 18.0 Å². The van der Waals surface area contributed by atoms with Gasteiger partial charge >= 0.3 is 0 Å². The van der Waals surface area contributed by atoms with E-state index in [0.29, 0.717) is 5.92 Å². The molecule has 0 amide bonds. The van der Waals surface area contributed by atoms with E-state index in [-0.39, 0.29) is 0 Å². The van der Waals surface area contributed by atoms with Gasteiger partial charge in [-0.05, 0) is 43.7 Å². The molecule has 0 radical (unpaired) electrons. The fourth-order valence-electron chi connectivity index (χ4n) is 1.95. The Hall–Kier alpha value is -0.830. The normalized spacial score (nSPS) is 13.4. The van der Waals surface area contributed by atoms with E-state index in [9.17, 15) is 0 Å². The van der Waals surface area contributed by atoms with Crippen molar-refractivity contribution in [2.24, 2.45) is 17.6 Å². The van der Waals surface area contributed by atoms with Crippen molar-refractivity contribution < 1.29 is 0 Å². The lowest BCUT2D eigenvalue weighted by molar-refractivity contribution is 0.415. The van der Waals surface area contributed by atoms with Gasteiger partial charge in [0.2, 0.25) is 0 Å². The molecule has 0 aliphatic rings. The average Bonchev–Trinajstić information content (AvgIpc) is 2.64. The minimum atomic E-state index is 0.597. The first-order chi connectivity index (χ1) is 7.15. The molecular weight excluding hydrogens is 186 g/mol. The number of nitrogens with two attached hydrogens (primary N) is 1. The fraction of sp³-hybridized carbons (Fsp3) is 0.750. The second-order valence-electron chi connectivity index (χ2n) is 4.64. The Morgan fingerprint density at radius 3 is 2.67 bits per heavy atom. The zero-order valence-corrected chi connectivity index (χ0v) is 10.1. The van der Waals surface area contributed by atoms with Gasteiger partial charge in [0.25, 0.3) is 0 Å². The van der Waals surface area contributed by atoms with Crippen LogP contribution in [-0.4, -0.2) is 16.3 Å². The lowest BCUT2D eigenvalue weighted by Crippen LogP contribution is -2.18. The molecule has 2 N–H and O–H groups in total. The summed E-state index contributed by atoms with van der Waals surface area (Å²) in [5, 5.41) is 4.28. The molecule has 0 saturated heterocycles. The molecule has 0 saturated carbocycles. The molecule has 0 aliphatic heterocycles. The first-order valence-corrected chi connectivity index (χ1v) is 5.87. The van der Waals surface area contributed by atoms with Crippen molar-refractivity contribution in [1.82, 2.24) is 9.78 Å². The standard InChI is InChI=1S/C12H23N3/c1-4-15-9-12(8-14-15)6-11(7-13)5-10(2)3/h8-11H,4-7,13H2,1-3H3. The summed E-state index contributed by atoms with van der Waals surface area (Å²) in [6, 6.07) is 0. The molecule has 3 nitrogen and oxygen atoms in total. The number of rotatable bonds is 6. The first kappa shape index (κ1) is 12.2. The van der Waals surface area contributed by atoms with Crippen molar-refractivity contribution in [3.63, 3.8) is 0 Å². The third kappa shape index (κ3) is 4.04. The minimum Gasteiger partial charge on any atom is -0.330 e. The molecule has 1 aromatic heterocycles. The van der Waals surface area contributed by atoms with Gasteiger partial charge in [-0.15, -0.1) is 0 Å². The second-order valence-corrected chi connectivity index (χ2v) is 4.64. The van der Waals surface area contributed by atoms with Gasteiger partial charge in [-0.3, -0.25) is 4.68 Å².